The lowest BCUT2D eigenvalue weighted by atomic mass is 10.0. The van der Waals surface area contributed by atoms with Gasteiger partial charge in [-0.25, -0.2) is 0 Å². The summed E-state index contributed by atoms with van der Waals surface area (Å²) in [6.07, 6.45) is 8.80. The van der Waals surface area contributed by atoms with Crippen molar-refractivity contribution in [3.05, 3.63) is 0 Å². The van der Waals surface area contributed by atoms with Crippen molar-refractivity contribution in [3.8, 4) is 0 Å². The van der Waals surface area contributed by atoms with Crippen LogP contribution in [0.3, 0.4) is 0 Å². The number of nitrogens with one attached hydrogen (secondary N) is 1. The molecule has 1 atom stereocenters. The van der Waals surface area contributed by atoms with E-state index in [2.05, 4.69) is 10.2 Å². The molecule has 0 aromatic rings. The van der Waals surface area contributed by atoms with Gasteiger partial charge in [-0.3, -0.25) is 4.79 Å². The standard InChI is InChI=1S/C14H26N2O2/c1-15-9-8-13-10-16(14(17)11-18-13)12-6-4-2-3-5-7-12/h12-13,15H,2-11H2,1H3. The minimum absolute atomic E-state index is 0.197. The Morgan fingerprint density at radius 2 is 2.00 bits per heavy atom. The van der Waals surface area contributed by atoms with Crippen LogP contribution >= 0.6 is 0 Å². The number of hydrogen-bond acceptors (Lipinski definition) is 3. The molecule has 0 aromatic heterocycles. The second-order valence-corrected chi connectivity index (χ2v) is 5.52. The molecular formula is C14H26N2O2. The minimum Gasteiger partial charge on any atom is -0.367 e. The average molecular weight is 254 g/mol. The van der Waals surface area contributed by atoms with Crippen LogP contribution in [0.1, 0.15) is 44.9 Å². The summed E-state index contributed by atoms with van der Waals surface area (Å²) in [7, 11) is 1.96. The van der Waals surface area contributed by atoms with Crippen molar-refractivity contribution >= 4 is 5.91 Å². The SMILES string of the molecule is CNCCC1CN(C2CCCCCC2)C(=O)CO1. The first kappa shape index (κ1) is 13.8. The average Bonchev–Trinajstić information content (AvgIpc) is 2.66. The molecule has 2 rings (SSSR count). The van der Waals surface area contributed by atoms with Gasteiger partial charge >= 0.3 is 0 Å². The van der Waals surface area contributed by atoms with Gasteiger partial charge < -0.3 is 15.0 Å². The molecule has 1 saturated heterocycles. The molecule has 1 heterocycles. The van der Waals surface area contributed by atoms with Crippen LogP contribution in [0.2, 0.25) is 0 Å². The number of rotatable bonds is 4. The zero-order valence-electron chi connectivity index (χ0n) is 11.5. The summed E-state index contributed by atoms with van der Waals surface area (Å²) < 4.78 is 5.61. The lowest BCUT2D eigenvalue weighted by Gasteiger charge is -2.38. The molecule has 1 saturated carbocycles. The topological polar surface area (TPSA) is 41.6 Å². The van der Waals surface area contributed by atoms with E-state index in [1.54, 1.807) is 0 Å². The fourth-order valence-electron chi connectivity index (χ4n) is 3.05. The van der Waals surface area contributed by atoms with E-state index in [0.717, 1.165) is 19.5 Å². The predicted molar refractivity (Wildman–Crippen MR) is 71.5 cm³/mol. The number of carbonyl (C=O) groups is 1. The lowest BCUT2D eigenvalue weighted by Crippen LogP contribution is -2.51. The van der Waals surface area contributed by atoms with Gasteiger partial charge in [0, 0.05) is 12.6 Å². The molecule has 1 aliphatic carbocycles. The maximum Gasteiger partial charge on any atom is 0.248 e. The van der Waals surface area contributed by atoms with E-state index in [1.165, 1.54) is 38.5 Å². The first-order chi connectivity index (χ1) is 8.81. The van der Waals surface area contributed by atoms with Gasteiger partial charge in [-0.15, -0.1) is 0 Å². The highest BCUT2D eigenvalue weighted by Crippen LogP contribution is 2.24. The number of amides is 1. The Kier molecular flexibility index (Phi) is 5.45. The second-order valence-electron chi connectivity index (χ2n) is 5.52. The zero-order chi connectivity index (χ0) is 12.8. The quantitative estimate of drug-likeness (QED) is 0.774. The number of ether oxygens (including phenoxy) is 1. The van der Waals surface area contributed by atoms with Gasteiger partial charge in [-0.1, -0.05) is 25.7 Å². The van der Waals surface area contributed by atoms with E-state index in [-0.39, 0.29) is 18.6 Å². The predicted octanol–water partition coefficient (Wildman–Crippen LogP) is 1.55. The van der Waals surface area contributed by atoms with Crippen LogP contribution in [0.5, 0.6) is 0 Å². The molecule has 104 valence electrons. The van der Waals surface area contributed by atoms with Gasteiger partial charge in [-0.2, -0.15) is 0 Å². The Morgan fingerprint density at radius 3 is 2.67 bits per heavy atom. The molecular weight excluding hydrogens is 228 g/mol. The molecule has 18 heavy (non-hydrogen) atoms. The van der Waals surface area contributed by atoms with Gasteiger partial charge in [0.25, 0.3) is 0 Å². The first-order valence-electron chi connectivity index (χ1n) is 7.37. The summed E-state index contributed by atoms with van der Waals surface area (Å²) in [5.74, 6) is 0.197. The van der Waals surface area contributed by atoms with Crippen LogP contribution in [-0.2, 0) is 9.53 Å². The van der Waals surface area contributed by atoms with Crippen LogP contribution in [0.4, 0.5) is 0 Å². The maximum atomic E-state index is 12.0. The van der Waals surface area contributed by atoms with Crippen LogP contribution in [-0.4, -0.2) is 49.7 Å². The third-order valence-corrected chi connectivity index (χ3v) is 4.14. The van der Waals surface area contributed by atoms with E-state index in [9.17, 15) is 4.79 Å². The smallest absolute Gasteiger partial charge is 0.248 e. The third-order valence-electron chi connectivity index (χ3n) is 4.14. The van der Waals surface area contributed by atoms with Gasteiger partial charge in [0.15, 0.2) is 0 Å². The van der Waals surface area contributed by atoms with Crippen LogP contribution in [0, 0.1) is 0 Å². The summed E-state index contributed by atoms with van der Waals surface area (Å²) in [6, 6.07) is 0.473. The lowest BCUT2D eigenvalue weighted by molar-refractivity contribution is -0.153. The van der Waals surface area contributed by atoms with Crippen molar-refractivity contribution in [1.82, 2.24) is 10.2 Å². The Bertz CT molecular complexity index is 263. The van der Waals surface area contributed by atoms with Crippen LogP contribution in [0.25, 0.3) is 0 Å². The summed E-state index contributed by atoms with van der Waals surface area (Å²) in [4.78, 5) is 14.1. The van der Waals surface area contributed by atoms with Gasteiger partial charge in [0.1, 0.15) is 6.61 Å². The summed E-state index contributed by atoms with van der Waals surface area (Å²) in [6.45, 7) is 2.04. The molecule has 4 nitrogen and oxygen atoms in total. The van der Waals surface area contributed by atoms with Crippen molar-refractivity contribution < 1.29 is 9.53 Å². The van der Waals surface area contributed by atoms with E-state index in [4.69, 9.17) is 4.74 Å². The molecule has 2 fully saturated rings. The van der Waals surface area contributed by atoms with Crippen molar-refractivity contribution in [1.29, 1.82) is 0 Å². The Balaban J connectivity index is 1.89. The highest BCUT2D eigenvalue weighted by Gasteiger charge is 2.31. The molecule has 1 aliphatic heterocycles. The molecule has 0 aromatic carbocycles. The monoisotopic (exact) mass is 254 g/mol. The van der Waals surface area contributed by atoms with Gasteiger partial charge in [0.05, 0.1) is 6.10 Å². The van der Waals surface area contributed by atoms with E-state index >= 15 is 0 Å². The van der Waals surface area contributed by atoms with Crippen LogP contribution < -0.4 is 5.32 Å². The molecule has 1 unspecified atom stereocenters. The van der Waals surface area contributed by atoms with E-state index < -0.39 is 0 Å². The normalized spacial score (nSPS) is 27.3. The van der Waals surface area contributed by atoms with Gasteiger partial charge in [0.2, 0.25) is 5.91 Å². The second kappa shape index (κ2) is 7.10. The highest BCUT2D eigenvalue weighted by molar-refractivity contribution is 5.78. The number of carbonyl (C=O) groups excluding carboxylic acids is 1. The van der Waals surface area contributed by atoms with E-state index in [0.29, 0.717) is 6.04 Å². The Hall–Kier alpha value is -0.610. The molecule has 4 heteroatoms. The van der Waals surface area contributed by atoms with Crippen molar-refractivity contribution in [2.45, 2.75) is 57.1 Å². The molecule has 1 amide bonds. The largest absolute Gasteiger partial charge is 0.367 e. The molecule has 1 N–H and O–H groups in total. The molecule has 2 aliphatic rings. The highest BCUT2D eigenvalue weighted by atomic mass is 16.5. The van der Waals surface area contributed by atoms with Crippen molar-refractivity contribution in [3.63, 3.8) is 0 Å². The summed E-state index contributed by atoms with van der Waals surface area (Å²) >= 11 is 0. The molecule has 0 bridgehead atoms. The Labute approximate surface area is 110 Å². The zero-order valence-corrected chi connectivity index (χ0v) is 11.5. The maximum absolute atomic E-state index is 12.0. The van der Waals surface area contributed by atoms with E-state index in [1.807, 2.05) is 7.05 Å². The summed E-state index contributed by atoms with van der Waals surface area (Å²) in [5.41, 5.74) is 0. The van der Waals surface area contributed by atoms with Crippen LogP contribution in [0.15, 0.2) is 0 Å². The molecule has 0 radical (unpaired) electrons. The molecule has 0 spiro atoms. The van der Waals surface area contributed by atoms with Gasteiger partial charge in [-0.05, 0) is 32.9 Å². The Morgan fingerprint density at radius 1 is 1.28 bits per heavy atom. The van der Waals surface area contributed by atoms with Crippen molar-refractivity contribution in [2.24, 2.45) is 0 Å². The number of nitrogens with zero attached hydrogens (tertiary/aromatic N) is 1. The van der Waals surface area contributed by atoms with Crippen molar-refractivity contribution in [2.75, 3.05) is 26.7 Å². The fourth-order valence-corrected chi connectivity index (χ4v) is 3.05. The fraction of sp³-hybridized carbons (Fsp3) is 0.929. The summed E-state index contributed by atoms with van der Waals surface area (Å²) in [5, 5.41) is 3.15. The number of hydrogen-bond donors (Lipinski definition) is 1. The first-order valence-corrected chi connectivity index (χ1v) is 7.37. The number of morpholine rings is 1. The minimum atomic E-state index is 0.197. The third kappa shape index (κ3) is 3.69.